The van der Waals surface area contributed by atoms with E-state index in [4.69, 9.17) is 11.6 Å². The highest BCUT2D eigenvalue weighted by atomic mass is 35.5. The maximum absolute atomic E-state index is 12.3. The molecule has 1 aromatic carbocycles. The SMILES string of the molecule is CC[C@H](C)NC(=O)c1cc(C)nc2c(Cl)cccc12. The first-order valence-corrected chi connectivity index (χ1v) is 6.77. The smallest absolute Gasteiger partial charge is 0.252 e. The van der Waals surface area contributed by atoms with Crippen molar-refractivity contribution in [2.45, 2.75) is 33.2 Å². The van der Waals surface area contributed by atoms with Crippen LogP contribution in [0.1, 0.15) is 36.3 Å². The molecule has 4 heteroatoms. The zero-order chi connectivity index (χ0) is 14.0. The number of amides is 1. The number of pyridine rings is 1. The van der Waals surface area contributed by atoms with Gasteiger partial charge in [-0.05, 0) is 32.4 Å². The molecule has 100 valence electrons. The van der Waals surface area contributed by atoms with E-state index in [1.807, 2.05) is 32.9 Å². The van der Waals surface area contributed by atoms with Gasteiger partial charge in [0.25, 0.3) is 5.91 Å². The maximum atomic E-state index is 12.3. The van der Waals surface area contributed by atoms with Crippen LogP contribution >= 0.6 is 11.6 Å². The fraction of sp³-hybridized carbons (Fsp3) is 0.333. The van der Waals surface area contributed by atoms with Gasteiger partial charge in [0.1, 0.15) is 0 Å². The van der Waals surface area contributed by atoms with Crippen LogP contribution in [0, 0.1) is 6.92 Å². The summed E-state index contributed by atoms with van der Waals surface area (Å²) in [6.45, 7) is 5.89. The highest BCUT2D eigenvalue weighted by molar-refractivity contribution is 6.35. The molecule has 19 heavy (non-hydrogen) atoms. The summed E-state index contributed by atoms with van der Waals surface area (Å²) in [6.07, 6.45) is 0.897. The minimum atomic E-state index is -0.0767. The molecule has 3 nitrogen and oxygen atoms in total. The number of rotatable bonds is 3. The minimum absolute atomic E-state index is 0.0767. The Balaban J connectivity index is 2.54. The Kier molecular flexibility index (Phi) is 4.05. The summed E-state index contributed by atoms with van der Waals surface area (Å²) in [5, 5.41) is 4.33. The lowest BCUT2D eigenvalue weighted by atomic mass is 10.1. The third-order valence-electron chi connectivity index (χ3n) is 3.15. The van der Waals surface area contributed by atoms with Gasteiger partial charge in [-0.15, -0.1) is 0 Å². The van der Waals surface area contributed by atoms with Crippen LogP contribution in [-0.2, 0) is 0 Å². The van der Waals surface area contributed by atoms with Crippen molar-refractivity contribution in [3.63, 3.8) is 0 Å². The normalized spacial score (nSPS) is 12.4. The Hall–Kier alpha value is -1.61. The topological polar surface area (TPSA) is 42.0 Å². The molecule has 1 heterocycles. The van der Waals surface area contributed by atoms with Gasteiger partial charge in [0.15, 0.2) is 0 Å². The second-order valence-electron chi connectivity index (χ2n) is 4.73. The average molecular weight is 277 g/mol. The van der Waals surface area contributed by atoms with Gasteiger partial charge in [0.05, 0.1) is 16.1 Å². The predicted octanol–water partition coefficient (Wildman–Crippen LogP) is 3.72. The number of para-hydroxylation sites is 1. The molecule has 1 amide bonds. The van der Waals surface area contributed by atoms with Gasteiger partial charge in [-0.3, -0.25) is 9.78 Å². The highest BCUT2D eigenvalue weighted by Gasteiger charge is 2.14. The molecule has 2 rings (SSSR count). The number of aromatic nitrogens is 1. The van der Waals surface area contributed by atoms with Crippen molar-refractivity contribution in [3.05, 3.63) is 40.5 Å². The second-order valence-corrected chi connectivity index (χ2v) is 5.14. The molecule has 0 saturated carbocycles. The van der Waals surface area contributed by atoms with Crippen molar-refractivity contribution in [3.8, 4) is 0 Å². The quantitative estimate of drug-likeness (QED) is 0.928. The number of benzene rings is 1. The number of carbonyl (C=O) groups excluding carboxylic acids is 1. The summed E-state index contributed by atoms with van der Waals surface area (Å²) in [6, 6.07) is 7.44. The van der Waals surface area contributed by atoms with Gasteiger partial charge < -0.3 is 5.32 Å². The van der Waals surface area contributed by atoms with Gasteiger partial charge in [0, 0.05) is 17.1 Å². The van der Waals surface area contributed by atoms with E-state index in [-0.39, 0.29) is 11.9 Å². The van der Waals surface area contributed by atoms with E-state index in [0.717, 1.165) is 17.5 Å². The lowest BCUT2D eigenvalue weighted by Gasteiger charge is -2.13. The number of aryl methyl sites for hydroxylation is 1. The Bertz CT molecular complexity index is 625. The van der Waals surface area contributed by atoms with Crippen LogP contribution in [0.5, 0.6) is 0 Å². The summed E-state index contributed by atoms with van der Waals surface area (Å²) < 4.78 is 0. The molecule has 0 spiro atoms. The van der Waals surface area contributed by atoms with E-state index < -0.39 is 0 Å². The van der Waals surface area contributed by atoms with Crippen molar-refractivity contribution in [2.24, 2.45) is 0 Å². The summed E-state index contributed by atoms with van der Waals surface area (Å²) in [7, 11) is 0. The number of hydrogen-bond acceptors (Lipinski definition) is 2. The Labute approximate surface area is 118 Å². The van der Waals surface area contributed by atoms with E-state index in [1.165, 1.54) is 0 Å². The summed E-state index contributed by atoms with van der Waals surface area (Å²) in [4.78, 5) is 16.7. The Morgan fingerprint density at radius 1 is 1.47 bits per heavy atom. The van der Waals surface area contributed by atoms with Crippen LogP contribution in [0.15, 0.2) is 24.3 Å². The lowest BCUT2D eigenvalue weighted by Crippen LogP contribution is -2.32. The van der Waals surface area contributed by atoms with Crippen LogP contribution in [-0.4, -0.2) is 16.9 Å². The molecule has 1 N–H and O–H groups in total. The molecule has 0 aliphatic rings. The minimum Gasteiger partial charge on any atom is -0.350 e. The second kappa shape index (κ2) is 5.57. The Morgan fingerprint density at radius 2 is 2.21 bits per heavy atom. The fourth-order valence-corrected chi connectivity index (χ4v) is 2.15. The third-order valence-corrected chi connectivity index (χ3v) is 3.46. The van der Waals surface area contributed by atoms with E-state index in [1.54, 1.807) is 12.1 Å². The zero-order valence-electron chi connectivity index (χ0n) is 11.3. The molecule has 1 aromatic heterocycles. The number of halogens is 1. The molecule has 0 bridgehead atoms. The first kappa shape index (κ1) is 13.8. The Morgan fingerprint density at radius 3 is 2.89 bits per heavy atom. The number of hydrogen-bond donors (Lipinski definition) is 1. The third kappa shape index (κ3) is 2.87. The average Bonchev–Trinajstić information content (AvgIpc) is 2.38. The number of nitrogens with zero attached hydrogens (tertiary/aromatic N) is 1. The molecule has 0 radical (unpaired) electrons. The zero-order valence-corrected chi connectivity index (χ0v) is 12.1. The maximum Gasteiger partial charge on any atom is 0.252 e. The summed E-state index contributed by atoms with van der Waals surface area (Å²) in [5.41, 5.74) is 2.10. The molecule has 0 fully saturated rings. The fourth-order valence-electron chi connectivity index (χ4n) is 1.93. The molecule has 2 aromatic rings. The van der Waals surface area contributed by atoms with Crippen molar-refractivity contribution >= 4 is 28.4 Å². The number of fused-ring (bicyclic) bond motifs is 1. The van der Waals surface area contributed by atoms with E-state index in [0.29, 0.717) is 16.1 Å². The van der Waals surface area contributed by atoms with Gasteiger partial charge in [-0.2, -0.15) is 0 Å². The first-order valence-electron chi connectivity index (χ1n) is 6.39. The largest absolute Gasteiger partial charge is 0.350 e. The van der Waals surface area contributed by atoms with E-state index in [2.05, 4.69) is 10.3 Å². The first-order chi connectivity index (χ1) is 9.02. The van der Waals surface area contributed by atoms with Crippen molar-refractivity contribution in [2.75, 3.05) is 0 Å². The predicted molar refractivity (Wildman–Crippen MR) is 78.7 cm³/mol. The highest BCUT2D eigenvalue weighted by Crippen LogP contribution is 2.25. The monoisotopic (exact) mass is 276 g/mol. The van der Waals surface area contributed by atoms with Crippen LogP contribution in [0.3, 0.4) is 0 Å². The van der Waals surface area contributed by atoms with E-state index >= 15 is 0 Å². The molecule has 0 aliphatic heterocycles. The molecular formula is C15H17ClN2O. The van der Waals surface area contributed by atoms with Crippen LogP contribution in [0.25, 0.3) is 10.9 Å². The number of carbonyl (C=O) groups is 1. The van der Waals surface area contributed by atoms with Gasteiger partial charge in [-0.25, -0.2) is 0 Å². The van der Waals surface area contributed by atoms with Crippen LogP contribution < -0.4 is 5.32 Å². The summed E-state index contributed by atoms with van der Waals surface area (Å²) >= 11 is 6.14. The summed E-state index contributed by atoms with van der Waals surface area (Å²) in [5.74, 6) is -0.0767. The van der Waals surface area contributed by atoms with Crippen LogP contribution in [0.2, 0.25) is 5.02 Å². The lowest BCUT2D eigenvalue weighted by molar-refractivity contribution is 0.0941. The van der Waals surface area contributed by atoms with Crippen molar-refractivity contribution < 1.29 is 4.79 Å². The van der Waals surface area contributed by atoms with Gasteiger partial charge >= 0.3 is 0 Å². The molecule has 0 aliphatic carbocycles. The molecule has 0 unspecified atom stereocenters. The van der Waals surface area contributed by atoms with Crippen molar-refractivity contribution in [1.82, 2.24) is 10.3 Å². The van der Waals surface area contributed by atoms with Crippen LogP contribution in [0.4, 0.5) is 0 Å². The standard InChI is InChI=1S/C15H17ClN2O/c1-4-9(2)18-15(19)12-8-10(3)17-14-11(12)6-5-7-13(14)16/h5-9H,4H2,1-3H3,(H,18,19)/t9-/m0/s1. The molecule has 0 saturated heterocycles. The molecule has 1 atom stereocenters. The van der Waals surface area contributed by atoms with Gasteiger partial charge in [0.2, 0.25) is 0 Å². The molecular weight excluding hydrogens is 260 g/mol. The van der Waals surface area contributed by atoms with E-state index in [9.17, 15) is 4.79 Å². The van der Waals surface area contributed by atoms with Crippen molar-refractivity contribution in [1.29, 1.82) is 0 Å². The van der Waals surface area contributed by atoms with Gasteiger partial charge in [-0.1, -0.05) is 30.7 Å². The number of nitrogens with one attached hydrogen (secondary N) is 1.